The molecule has 0 saturated heterocycles. The molecule has 0 aliphatic carbocycles. The normalized spacial score (nSPS) is 12.6. The number of Topliss-reactive ketones (excluding diaryl/α,β-unsaturated/α-hetero) is 1. The van der Waals surface area contributed by atoms with Gasteiger partial charge in [0, 0.05) is 29.2 Å². The highest BCUT2D eigenvalue weighted by Gasteiger charge is 2.23. The van der Waals surface area contributed by atoms with Gasteiger partial charge in [-0.2, -0.15) is 0 Å². The van der Waals surface area contributed by atoms with Gasteiger partial charge in [-0.25, -0.2) is 17.9 Å². The minimum atomic E-state index is -3.60. The Kier molecular flexibility index (Phi) is 5.62. The van der Waals surface area contributed by atoms with E-state index in [1.165, 1.54) is 31.2 Å². The highest BCUT2D eigenvalue weighted by molar-refractivity contribution is 7.89. The molecule has 28 heavy (non-hydrogen) atoms. The molecule has 0 saturated carbocycles. The molecular weight excluding hydrogens is 380 g/mol. The first-order valence-electron chi connectivity index (χ1n) is 8.74. The Morgan fingerprint density at radius 3 is 2.46 bits per heavy atom. The van der Waals surface area contributed by atoms with E-state index < -0.39 is 22.1 Å². The molecule has 0 fully saturated rings. The number of ether oxygens (including phenoxy) is 1. The predicted molar refractivity (Wildman–Crippen MR) is 105 cm³/mol. The SMILES string of the molecule is CCNS(=O)(=O)c1ccc(C(=O)OC(C)C(=O)c2c[nH]c3ccccc23)cc1. The number of aromatic amines is 1. The van der Waals surface area contributed by atoms with Crippen LogP contribution in [0, 0.1) is 0 Å². The monoisotopic (exact) mass is 400 g/mol. The van der Waals surface area contributed by atoms with Crippen LogP contribution in [0.15, 0.2) is 59.6 Å². The molecule has 0 radical (unpaired) electrons. The van der Waals surface area contributed by atoms with Gasteiger partial charge in [0.2, 0.25) is 15.8 Å². The molecule has 1 heterocycles. The van der Waals surface area contributed by atoms with Crippen molar-refractivity contribution in [3.63, 3.8) is 0 Å². The van der Waals surface area contributed by atoms with Gasteiger partial charge in [0.25, 0.3) is 0 Å². The average Bonchev–Trinajstić information content (AvgIpc) is 3.11. The minimum absolute atomic E-state index is 0.0498. The Balaban J connectivity index is 1.73. The second-order valence-electron chi connectivity index (χ2n) is 6.19. The fraction of sp³-hybridized carbons (Fsp3) is 0.200. The summed E-state index contributed by atoms with van der Waals surface area (Å²) >= 11 is 0. The fourth-order valence-corrected chi connectivity index (χ4v) is 3.86. The van der Waals surface area contributed by atoms with Crippen LogP contribution >= 0.6 is 0 Å². The summed E-state index contributed by atoms with van der Waals surface area (Å²) in [5.74, 6) is -1.02. The highest BCUT2D eigenvalue weighted by atomic mass is 32.2. The third-order valence-electron chi connectivity index (χ3n) is 4.24. The Hall–Kier alpha value is -2.97. The van der Waals surface area contributed by atoms with E-state index in [1.807, 2.05) is 24.3 Å². The van der Waals surface area contributed by atoms with Crippen LogP contribution < -0.4 is 4.72 Å². The second kappa shape index (κ2) is 7.95. The van der Waals surface area contributed by atoms with Crippen molar-refractivity contribution in [3.05, 3.63) is 65.9 Å². The standard InChI is InChI=1S/C20H20N2O5S/c1-3-22-28(25,26)15-10-8-14(9-11-15)20(24)27-13(2)19(23)17-12-21-18-7-5-4-6-16(17)18/h4-13,21-22H,3H2,1-2H3. The molecule has 2 aromatic carbocycles. The van der Waals surface area contributed by atoms with E-state index in [1.54, 1.807) is 13.1 Å². The van der Waals surface area contributed by atoms with E-state index in [2.05, 4.69) is 9.71 Å². The maximum Gasteiger partial charge on any atom is 0.338 e. The van der Waals surface area contributed by atoms with Crippen molar-refractivity contribution in [1.29, 1.82) is 0 Å². The first-order chi connectivity index (χ1) is 13.3. The van der Waals surface area contributed by atoms with Crippen LogP contribution in [0.5, 0.6) is 0 Å². The van der Waals surface area contributed by atoms with Crippen LogP contribution in [0.4, 0.5) is 0 Å². The number of carbonyl (C=O) groups excluding carboxylic acids is 2. The van der Waals surface area contributed by atoms with Crippen molar-refractivity contribution < 1.29 is 22.7 Å². The van der Waals surface area contributed by atoms with Crippen molar-refractivity contribution in [2.45, 2.75) is 24.8 Å². The fourth-order valence-electron chi connectivity index (χ4n) is 2.82. The van der Waals surface area contributed by atoms with Gasteiger partial charge in [-0.15, -0.1) is 0 Å². The molecule has 1 atom stereocenters. The lowest BCUT2D eigenvalue weighted by Crippen LogP contribution is -2.25. The largest absolute Gasteiger partial charge is 0.451 e. The number of H-pyrrole nitrogens is 1. The lowest BCUT2D eigenvalue weighted by molar-refractivity contribution is 0.0319. The van der Waals surface area contributed by atoms with Crippen LogP contribution in [-0.4, -0.2) is 37.8 Å². The topological polar surface area (TPSA) is 105 Å². The number of hydrogen-bond acceptors (Lipinski definition) is 5. The average molecular weight is 400 g/mol. The molecule has 7 nitrogen and oxygen atoms in total. The van der Waals surface area contributed by atoms with Gasteiger partial charge in [0.1, 0.15) is 0 Å². The van der Waals surface area contributed by atoms with Crippen LogP contribution in [-0.2, 0) is 14.8 Å². The van der Waals surface area contributed by atoms with Crippen LogP contribution in [0.3, 0.4) is 0 Å². The number of fused-ring (bicyclic) bond motifs is 1. The molecule has 0 aliphatic rings. The Labute approximate surface area is 162 Å². The number of rotatable bonds is 7. The van der Waals surface area contributed by atoms with Crippen molar-refractivity contribution in [1.82, 2.24) is 9.71 Å². The van der Waals surface area contributed by atoms with Gasteiger partial charge in [-0.1, -0.05) is 25.1 Å². The van der Waals surface area contributed by atoms with E-state index in [4.69, 9.17) is 4.74 Å². The highest BCUT2D eigenvalue weighted by Crippen LogP contribution is 2.20. The van der Waals surface area contributed by atoms with Gasteiger partial charge in [-0.3, -0.25) is 4.79 Å². The first kappa shape index (κ1) is 19.8. The molecule has 1 aromatic heterocycles. The van der Waals surface area contributed by atoms with Gasteiger partial charge in [0.05, 0.1) is 10.5 Å². The summed E-state index contributed by atoms with van der Waals surface area (Å²) in [4.78, 5) is 28.1. The third-order valence-corrected chi connectivity index (χ3v) is 5.80. The summed E-state index contributed by atoms with van der Waals surface area (Å²) in [6.45, 7) is 3.45. The quantitative estimate of drug-likeness (QED) is 0.469. The van der Waals surface area contributed by atoms with E-state index in [-0.39, 0.29) is 22.8 Å². The zero-order valence-electron chi connectivity index (χ0n) is 15.4. The van der Waals surface area contributed by atoms with Crippen LogP contribution in [0.2, 0.25) is 0 Å². The Morgan fingerprint density at radius 1 is 1.11 bits per heavy atom. The summed E-state index contributed by atoms with van der Waals surface area (Å²) in [5.41, 5.74) is 1.43. The zero-order chi connectivity index (χ0) is 20.3. The number of para-hydroxylation sites is 1. The maximum atomic E-state index is 12.7. The molecule has 3 aromatic rings. The lowest BCUT2D eigenvalue weighted by Gasteiger charge is -2.12. The summed E-state index contributed by atoms with van der Waals surface area (Å²) in [6, 6.07) is 12.7. The maximum absolute atomic E-state index is 12.7. The Bertz CT molecular complexity index is 1120. The molecule has 146 valence electrons. The summed E-state index contributed by atoms with van der Waals surface area (Å²) in [5, 5.41) is 0.758. The van der Waals surface area contributed by atoms with Crippen molar-refractivity contribution >= 4 is 32.7 Å². The minimum Gasteiger partial charge on any atom is -0.451 e. The van der Waals surface area contributed by atoms with Gasteiger partial charge in [-0.05, 0) is 37.3 Å². The number of nitrogens with one attached hydrogen (secondary N) is 2. The number of aromatic nitrogens is 1. The molecule has 0 aliphatic heterocycles. The van der Waals surface area contributed by atoms with Crippen LogP contribution in [0.25, 0.3) is 10.9 Å². The number of carbonyl (C=O) groups is 2. The molecule has 8 heteroatoms. The summed E-state index contributed by atoms with van der Waals surface area (Å²) in [7, 11) is -3.60. The molecule has 0 spiro atoms. The van der Waals surface area contributed by atoms with Crippen molar-refractivity contribution in [3.8, 4) is 0 Å². The van der Waals surface area contributed by atoms with Gasteiger partial charge in [0.15, 0.2) is 6.10 Å². The number of ketones is 1. The zero-order valence-corrected chi connectivity index (χ0v) is 16.2. The molecule has 0 bridgehead atoms. The number of benzene rings is 2. The van der Waals surface area contributed by atoms with E-state index >= 15 is 0 Å². The summed E-state index contributed by atoms with van der Waals surface area (Å²) < 4.78 is 31.5. The van der Waals surface area contributed by atoms with Crippen LogP contribution in [0.1, 0.15) is 34.6 Å². The molecule has 1 unspecified atom stereocenters. The first-order valence-corrected chi connectivity index (χ1v) is 10.2. The summed E-state index contributed by atoms with van der Waals surface area (Å²) in [6.07, 6.45) is 0.606. The number of sulfonamides is 1. The van der Waals surface area contributed by atoms with Crippen molar-refractivity contribution in [2.75, 3.05) is 6.54 Å². The van der Waals surface area contributed by atoms with Gasteiger partial charge < -0.3 is 9.72 Å². The number of esters is 1. The lowest BCUT2D eigenvalue weighted by atomic mass is 10.1. The Morgan fingerprint density at radius 2 is 1.79 bits per heavy atom. The number of hydrogen-bond donors (Lipinski definition) is 2. The smallest absolute Gasteiger partial charge is 0.338 e. The molecule has 3 rings (SSSR count). The molecule has 0 amide bonds. The molecular formula is C20H20N2O5S. The predicted octanol–water partition coefficient (Wildman–Crippen LogP) is 2.89. The van der Waals surface area contributed by atoms with Crippen molar-refractivity contribution in [2.24, 2.45) is 0 Å². The van der Waals surface area contributed by atoms with E-state index in [9.17, 15) is 18.0 Å². The van der Waals surface area contributed by atoms with Gasteiger partial charge >= 0.3 is 5.97 Å². The second-order valence-corrected chi connectivity index (χ2v) is 7.95. The van der Waals surface area contributed by atoms with E-state index in [0.29, 0.717) is 5.56 Å². The molecule has 2 N–H and O–H groups in total. The van der Waals surface area contributed by atoms with E-state index in [0.717, 1.165) is 10.9 Å². The third kappa shape index (κ3) is 3.97.